The maximum Gasteiger partial charge on any atom is 0.251 e. The number of nitrogens with one attached hydrogen (secondary N) is 1. The molecule has 1 saturated carbocycles. The third-order valence-corrected chi connectivity index (χ3v) is 4.09. The van der Waals surface area contributed by atoms with Gasteiger partial charge in [0.2, 0.25) is 0 Å². The van der Waals surface area contributed by atoms with Crippen molar-refractivity contribution in [2.24, 2.45) is 0 Å². The van der Waals surface area contributed by atoms with Gasteiger partial charge in [-0.2, -0.15) is 0 Å². The summed E-state index contributed by atoms with van der Waals surface area (Å²) < 4.78 is 5.33. The molecule has 4 heteroatoms. The van der Waals surface area contributed by atoms with Crippen LogP contribution in [0.5, 0.6) is 5.75 Å². The van der Waals surface area contributed by atoms with Gasteiger partial charge in [-0.15, -0.1) is 0 Å². The van der Waals surface area contributed by atoms with E-state index in [1.165, 1.54) is 0 Å². The average molecular weight is 277 g/mol. The highest BCUT2D eigenvalue weighted by molar-refractivity contribution is 5.85. The summed E-state index contributed by atoms with van der Waals surface area (Å²) in [5.74, 6) is 0.727. The third-order valence-electron chi connectivity index (χ3n) is 4.09. The van der Waals surface area contributed by atoms with E-state index >= 15 is 0 Å². The lowest BCUT2D eigenvalue weighted by molar-refractivity contribution is -0.139. The third kappa shape index (κ3) is 3.12. The van der Waals surface area contributed by atoms with E-state index in [-0.39, 0.29) is 11.8 Å². The Morgan fingerprint density at radius 2 is 2.05 bits per heavy atom. The van der Waals surface area contributed by atoms with Gasteiger partial charge in [0.05, 0.1) is 7.11 Å². The van der Waals surface area contributed by atoms with Crippen LogP contribution in [0.25, 0.3) is 0 Å². The van der Waals surface area contributed by atoms with Crippen molar-refractivity contribution in [2.75, 3.05) is 13.7 Å². The highest BCUT2D eigenvalue weighted by atomic mass is 16.5. The molecule has 1 aliphatic carbocycles. The molecule has 20 heavy (non-hydrogen) atoms. The molecule has 0 radical (unpaired) electrons. The first-order chi connectivity index (χ1) is 9.57. The number of hydrogen-bond donors (Lipinski definition) is 2. The summed E-state index contributed by atoms with van der Waals surface area (Å²) in [6, 6.07) is 7.80. The van der Waals surface area contributed by atoms with Gasteiger partial charge in [-0.3, -0.25) is 4.79 Å². The van der Waals surface area contributed by atoms with Crippen molar-refractivity contribution < 1.29 is 14.6 Å². The van der Waals surface area contributed by atoms with Gasteiger partial charge in [0, 0.05) is 12.5 Å². The molecule has 0 heterocycles. The molecule has 1 aromatic rings. The minimum Gasteiger partial charge on any atom is -0.496 e. The summed E-state index contributed by atoms with van der Waals surface area (Å²) in [5, 5.41) is 13.1. The molecule has 1 amide bonds. The minimum absolute atomic E-state index is 0.139. The fraction of sp³-hybridized carbons (Fsp3) is 0.562. The number of carbonyl (C=O) groups is 1. The first-order valence-corrected chi connectivity index (χ1v) is 7.20. The standard InChI is InChI=1S/C16H23NO3/c1-12(13-7-3-4-8-14(13)20-2)11-17-15(18)16(19)9-5-6-10-16/h3-4,7-8,12,19H,5-6,9-11H2,1-2H3,(H,17,18). The minimum atomic E-state index is -1.15. The number of amides is 1. The summed E-state index contributed by atoms with van der Waals surface area (Å²) in [4.78, 5) is 12.1. The monoisotopic (exact) mass is 277 g/mol. The van der Waals surface area contributed by atoms with Crippen molar-refractivity contribution >= 4 is 5.91 Å². The molecule has 0 aromatic heterocycles. The van der Waals surface area contributed by atoms with E-state index in [2.05, 4.69) is 5.32 Å². The van der Waals surface area contributed by atoms with E-state index < -0.39 is 5.60 Å². The van der Waals surface area contributed by atoms with E-state index in [0.717, 1.165) is 24.2 Å². The topological polar surface area (TPSA) is 58.6 Å². The van der Waals surface area contributed by atoms with Crippen molar-refractivity contribution in [3.63, 3.8) is 0 Å². The number of rotatable bonds is 5. The SMILES string of the molecule is COc1ccccc1C(C)CNC(=O)C1(O)CCCC1. The van der Waals surface area contributed by atoms with Gasteiger partial charge >= 0.3 is 0 Å². The van der Waals surface area contributed by atoms with Crippen LogP contribution in [-0.4, -0.2) is 30.3 Å². The molecule has 1 aromatic carbocycles. The van der Waals surface area contributed by atoms with Gasteiger partial charge in [-0.25, -0.2) is 0 Å². The predicted octanol–water partition coefficient (Wildman–Crippen LogP) is 2.22. The highest BCUT2D eigenvalue weighted by Crippen LogP contribution is 2.30. The zero-order valence-electron chi connectivity index (χ0n) is 12.2. The molecule has 0 spiro atoms. The van der Waals surface area contributed by atoms with E-state index in [0.29, 0.717) is 19.4 Å². The molecule has 1 aliphatic rings. The van der Waals surface area contributed by atoms with Crippen LogP contribution < -0.4 is 10.1 Å². The van der Waals surface area contributed by atoms with Crippen LogP contribution in [0.1, 0.15) is 44.1 Å². The molecule has 1 atom stereocenters. The quantitative estimate of drug-likeness (QED) is 0.867. The van der Waals surface area contributed by atoms with Gasteiger partial charge < -0.3 is 15.2 Å². The molecular formula is C16H23NO3. The largest absolute Gasteiger partial charge is 0.496 e. The second kappa shape index (κ2) is 6.27. The maximum absolute atomic E-state index is 12.1. The van der Waals surface area contributed by atoms with Gasteiger partial charge in [0.15, 0.2) is 0 Å². The van der Waals surface area contributed by atoms with Crippen molar-refractivity contribution in [1.29, 1.82) is 0 Å². The normalized spacial score (nSPS) is 18.6. The van der Waals surface area contributed by atoms with Crippen LogP contribution in [0.4, 0.5) is 0 Å². The van der Waals surface area contributed by atoms with E-state index in [1.807, 2.05) is 31.2 Å². The number of carbonyl (C=O) groups excluding carboxylic acids is 1. The molecular weight excluding hydrogens is 254 g/mol. The van der Waals surface area contributed by atoms with Gasteiger partial charge in [0.25, 0.3) is 5.91 Å². The zero-order chi connectivity index (χ0) is 14.6. The number of aliphatic hydroxyl groups is 1. The van der Waals surface area contributed by atoms with Gasteiger partial charge in [-0.05, 0) is 37.3 Å². The van der Waals surface area contributed by atoms with Crippen molar-refractivity contribution in [3.05, 3.63) is 29.8 Å². The molecule has 1 fully saturated rings. The summed E-state index contributed by atoms with van der Waals surface area (Å²) in [7, 11) is 1.64. The first kappa shape index (κ1) is 14.9. The zero-order valence-corrected chi connectivity index (χ0v) is 12.2. The molecule has 0 bridgehead atoms. The van der Waals surface area contributed by atoms with Crippen molar-refractivity contribution in [3.8, 4) is 5.75 Å². The van der Waals surface area contributed by atoms with Crippen LogP contribution in [-0.2, 0) is 4.79 Å². The van der Waals surface area contributed by atoms with E-state index in [1.54, 1.807) is 7.11 Å². The number of para-hydroxylation sites is 1. The molecule has 4 nitrogen and oxygen atoms in total. The Labute approximate surface area is 120 Å². The molecule has 0 saturated heterocycles. The fourth-order valence-corrected chi connectivity index (χ4v) is 2.78. The lowest BCUT2D eigenvalue weighted by Crippen LogP contribution is -2.45. The van der Waals surface area contributed by atoms with Crippen LogP contribution in [0.15, 0.2) is 24.3 Å². The highest BCUT2D eigenvalue weighted by Gasteiger charge is 2.38. The molecule has 2 N–H and O–H groups in total. The van der Waals surface area contributed by atoms with Crippen LogP contribution in [0.2, 0.25) is 0 Å². The summed E-state index contributed by atoms with van der Waals surface area (Å²) in [5.41, 5.74) is -0.0887. The Hall–Kier alpha value is -1.55. The summed E-state index contributed by atoms with van der Waals surface area (Å²) >= 11 is 0. The lowest BCUT2D eigenvalue weighted by Gasteiger charge is -2.23. The van der Waals surface area contributed by atoms with Crippen LogP contribution in [0, 0.1) is 0 Å². The molecule has 1 unspecified atom stereocenters. The Bertz CT molecular complexity index is 467. The second-order valence-corrected chi connectivity index (χ2v) is 5.59. The fourth-order valence-electron chi connectivity index (χ4n) is 2.78. The Morgan fingerprint density at radius 3 is 2.70 bits per heavy atom. The number of ether oxygens (including phenoxy) is 1. The predicted molar refractivity (Wildman–Crippen MR) is 77.8 cm³/mol. The summed E-state index contributed by atoms with van der Waals surface area (Å²) in [6.45, 7) is 2.54. The Kier molecular flexibility index (Phi) is 4.65. The maximum atomic E-state index is 12.1. The lowest BCUT2D eigenvalue weighted by atomic mass is 9.98. The number of hydrogen-bond acceptors (Lipinski definition) is 3. The number of benzene rings is 1. The first-order valence-electron chi connectivity index (χ1n) is 7.20. The van der Waals surface area contributed by atoms with Crippen molar-refractivity contribution in [2.45, 2.75) is 44.1 Å². The van der Waals surface area contributed by atoms with Gasteiger partial charge in [-0.1, -0.05) is 25.1 Å². The number of methoxy groups -OCH3 is 1. The van der Waals surface area contributed by atoms with E-state index in [9.17, 15) is 9.90 Å². The van der Waals surface area contributed by atoms with Crippen LogP contribution >= 0.6 is 0 Å². The van der Waals surface area contributed by atoms with Gasteiger partial charge in [0.1, 0.15) is 11.4 Å². The molecule has 2 rings (SSSR count). The molecule has 0 aliphatic heterocycles. The van der Waals surface area contributed by atoms with Crippen LogP contribution in [0.3, 0.4) is 0 Å². The Balaban J connectivity index is 1.95. The Morgan fingerprint density at radius 1 is 1.40 bits per heavy atom. The summed E-state index contributed by atoms with van der Waals surface area (Å²) in [6.07, 6.45) is 2.99. The molecule has 110 valence electrons. The average Bonchev–Trinajstić information content (AvgIpc) is 2.92. The van der Waals surface area contributed by atoms with E-state index in [4.69, 9.17) is 4.74 Å². The second-order valence-electron chi connectivity index (χ2n) is 5.59. The van der Waals surface area contributed by atoms with Crippen molar-refractivity contribution in [1.82, 2.24) is 5.32 Å². The smallest absolute Gasteiger partial charge is 0.251 e.